The zero-order valence-electron chi connectivity index (χ0n) is 15.7. The Morgan fingerprint density at radius 2 is 1.83 bits per heavy atom. The number of hydrogen-bond acceptors (Lipinski definition) is 7. The quantitative estimate of drug-likeness (QED) is 0.120. The molecule has 0 aliphatic rings. The third-order valence-corrected chi connectivity index (χ3v) is 4.91. The predicted molar refractivity (Wildman–Crippen MR) is 121 cm³/mol. The molecule has 3 aromatic carbocycles. The van der Waals surface area contributed by atoms with Crippen LogP contribution in [0, 0.1) is 13.7 Å². The van der Waals surface area contributed by atoms with Gasteiger partial charge in [0.15, 0.2) is 11.5 Å². The first-order valence-corrected chi connectivity index (χ1v) is 9.74. The first kappa shape index (κ1) is 21.2. The molecule has 0 aliphatic heterocycles. The molecule has 0 aliphatic carbocycles. The maximum absolute atomic E-state index is 12.4. The Bertz CT molecular complexity index is 1100. The first-order valence-electron chi connectivity index (χ1n) is 8.66. The summed E-state index contributed by atoms with van der Waals surface area (Å²) in [4.78, 5) is 22.6. The number of ether oxygens (including phenoxy) is 2. The van der Waals surface area contributed by atoms with Crippen molar-refractivity contribution in [1.82, 2.24) is 0 Å². The molecule has 0 amide bonds. The average molecular weight is 517 g/mol. The third-order valence-electron chi connectivity index (χ3n) is 3.97. The molecule has 3 aromatic rings. The van der Waals surface area contributed by atoms with E-state index in [2.05, 4.69) is 33.1 Å². The number of hydrazone groups is 1. The average Bonchev–Trinajstić information content (AvgIpc) is 2.75. The number of nitro groups is 1. The number of esters is 1. The van der Waals surface area contributed by atoms with Crippen LogP contribution in [0.2, 0.25) is 0 Å². The molecule has 30 heavy (non-hydrogen) atoms. The summed E-state index contributed by atoms with van der Waals surface area (Å²) in [5.74, 6) is 0.204. The zero-order chi connectivity index (χ0) is 21.5. The minimum Gasteiger partial charge on any atom is -0.493 e. The van der Waals surface area contributed by atoms with Crippen molar-refractivity contribution in [2.24, 2.45) is 5.10 Å². The van der Waals surface area contributed by atoms with E-state index in [1.165, 1.54) is 19.2 Å². The second-order valence-corrected chi connectivity index (χ2v) is 7.12. The lowest BCUT2D eigenvalue weighted by Crippen LogP contribution is -2.11. The van der Waals surface area contributed by atoms with Crippen molar-refractivity contribution in [1.29, 1.82) is 0 Å². The SMILES string of the molecule is COc1cc(/C=N/Nc2ccc([N+](=O)[O-])cc2)ccc1OC(=O)c1ccccc1I. The van der Waals surface area contributed by atoms with Crippen molar-refractivity contribution < 1.29 is 19.2 Å². The number of anilines is 1. The number of nitrogens with zero attached hydrogens (tertiary/aromatic N) is 2. The standard InChI is InChI=1S/C21H16IN3O5/c1-29-20-12-14(13-23-24-15-7-9-16(10-8-15)25(27)28)6-11-19(20)30-21(26)17-4-2-3-5-18(17)22/h2-13,24H,1H3/b23-13+. The van der Waals surface area contributed by atoms with Gasteiger partial charge in [0.2, 0.25) is 0 Å². The van der Waals surface area contributed by atoms with Gasteiger partial charge >= 0.3 is 5.97 Å². The summed E-state index contributed by atoms with van der Waals surface area (Å²) in [7, 11) is 1.48. The van der Waals surface area contributed by atoms with Gasteiger partial charge < -0.3 is 9.47 Å². The number of carbonyl (C=O) groups excluding carboxylic acids is 1. The number of nitrogens with one attached hydrogen (secondary N) is 1. The van der Waals surface area contributed by atoms with E-state index in [0.717, 1.165) is 3.57 Å². The van der Waals surface area contributed by atoms with Crippen molar-refractivity contribution in [2.75, 3.05) is 12.5 Å². The van der Waals surface area contributed by atoms with Gasteiger partial charge in [-0.2, -0.15) is 5.10 Å². The van der Waals surface area contributed by atoms with Gasteiger partial charge in [0.05, 0.1) is 29.5 Å². The number of halogens is 1. The first-order chi connectivity index (χ1) is 14.5. The minimum atomic E-state index is -0.473. The fraction of sp³-hybridized carbons (Fsp3) is 0.0476. The van der Waals surface area contributed by atoms with Crippen molar-refractivity contribution >= 4 is 46.1 Å². The Kier molecular flexibility index (Phi) is 6.96. The molecule has 8 nitrogen and oxygen atoms in total. The molecule has 3 rings (SSSR count). The summed E-state index contributed by atoms with van der Waals surface area (Å²) in [5, 5.41) is 14.8. The molecule has 0 spiro atoms. The molecule has 0 fully saturated rings. The van der Waals surface area contributed by atoms with E-state index >= 15 is 0 Å². The Morgan fingerprint density at radius 1 is 1.10 bits per heavy atom. The van der Waals surface area contributed by atoms with E-state index in [9.17, 15) is 14.9 Å². The molecule has 0 heterocycles. The van der Waals surface area contributed by atoms with Crippen LogP contribution in [-0.4, -0.2) is 24.2 Å². The monoisotopic (exact) mass is 517 g/mol. The summed E-state index contributed by atoms with van der Waals surface area (Å²) in [5.41, 5.74) is 4.57. The molecule has 0 saturated carbocycles. The number of rotatable bonds is 7. The van der Waals surface area contributed by atoms with Gasteiger partial charge in [-0.1, -0.05) is 12.1 Å². The van der Waals surface area contributed by atoms with E-state index < -0.39 is 10.9 Å². The van der Waals surface area contributed by atoms with Crippen LogP contribution in [0.3, 0.4) is 0 Å². The second-order valence-electron chi connectivity index (χ2n) is 5.95. The van der Waals surface area contributed by atoms with Crippen LogP contribution in [-0.2, 0) is 0 Å². The Hall–Kier alpha value is -3.47. The van der Waals surface area contributed by atoms with Crippen LogP contribution in [0.1, 0.15) is 15.9 Å². The van der Waals surface area contributed by atoms with Gasteiger partial charge in [-0.25, -0.2) is 4.79 Å². The lowest BCUT2D eigenvalue weighted by atomic mass is 10.2. The topological polar surface area (TPSA) is 103 Å². The molecular formula is C21H16IN3O5. The minimum absolute atomic E-state index is 0.00425. The van der Waals surface area contributed by atoms with Gasteiger partial charge in [-0.15, -0.1) is 0 Å². The highest BCUT2D eigenvalue weighted by Gasteiger charge is 2.15. The second kappa shape index (κ2) is 9.83. The smallest absolute Gasteiger partial charge is 0.344 e. The lowest BCUT2D eigenvalue weighted by molar-refractivity contribution is -0.384. The third kappa shape index (κ3) is 5.32. The van der Waals surface area contributed by atoms with E-state index in [0.29, 0.717) is 28.3 Å². The summed E-state index contributed by atoms with van der Waals surface area (Å²) in [6.45, 7) is 0. The molecule has 152 valence electrons. The maximum atomic E-state index is 12.4. The van der Waals surface area contributed by atoms with Crippen LogP contribution in [0.4, 0.5) is 11.4 Å². The van der Waals surface area contributed by atoms with Crippen molar-refractivity contribution in [3.05, 3.63) is 91.5 Å². The molecule has 0 atom stereocenters. The van der Waals surface area contributed by atoms with Crippen LogP contribution < -0.4 is 14.9 Å². The van der Waals surface area contributed by atoms with Gasteiger partial charge in [0.1, 0.15) is 0 Å². The zero-order valence-corrected chi connectivity index (χ0v) is 17.9. The molecule has 0 unspecified atom stereocenters. The van der Waals surface area contributed by atoms with E-state index in [1.54, 1.807) is 48.7 Å². The number of benzene rings is 3. The Balaban J connectivity index is 1.69. The number of non-ortho nitro benzene ring substituents is 1. The highest BCUT2D eigenvalue weighted by Crippen LogP contribution is 2.29. The number of carbonyl (C=O) groups is 1. The number of nitro benzene ring substituents is 1. The highest BCUT2D eigenvalue weighted by atomic mass is 127. The van der Waals surface area contributed by atoms with E-state index in [1.807, 2.05) is 12.1 Å². The molecule has 9 heteroatoms. The van der Waals surface area contributed by atoms with Crippen molar-refractivity contribution in [3.63, 3.8) is 0 Å². The van der Waals surface area contributed by atoms with Crippen molar-refractivity contribution in [3.8, 4) is 11.5 Å². The summed E-state index contributed by atoms with van der Waals surface area (Å²) >= 11 is 2.08. The normalized spacial score (nSPS) is 10.6. The van der Waals surface area contributed by atoms with Gasteiger partial charge in [0, 0.05) is 15.7 Å². The van der Waals surface area contributed by atoms with Crippen molar-refractivity contribution in [2.45, 2.75) is 0 Å². The van der Waals surface area contributed by atoms with Gasteiger partial charge in [0.25, 0.3) is 5.69 Å². The van der Waals surface area contributed by atoms with Crippen LogP contribution in [0.25, 0.3) is 0 Å². The number of methoxy groups -OCH3 is 1. The summed E-state index contributed by atoms with van der Waals surface area (Å²) < 4.78 is 11.6. The van der Waals surface area contributed by atoms with E-state index in [4.69, 9.17) is 9.47 Å². The predicted octanol–water partition coefficient (Wildman–Crippen LogP) is 4.87. The summed E-state index contributed by atoms with van der Waals surface area (Å²) in [6, 6.07) is 18.1. The highest BCUT2D eigenvalue weighted by molar-refractivity contribution is 14.1. The molecule has 0 saturated heterocycles. The molecule has 0 aromatic heterocycles. The molecule has 0 bridgehead atoms. The number of hydrogen-bond donors (Lipinski definition) is 1. The lowest BCUT2D eigenvalue weighted by Gasteiger charge is -2.10. The molecule has 0 radical (unpaired) electrons. The Labute approximate surface area is 185 Å². The van der Waals surface area contributed by atoms with Gasteiger partial charge in [-0.3, -0.25) is 15.5 Å². The van der Waals surface area contributed by atoms with Crippen LogP contribution >= 0.6 is 22.6 Å². The fourth-order valence-corrected chi connectivity index (χ4v) is 3.08. The van der Waals surface area contributed by atoms with E-state index in [-0.39, 0.29) is 5.69 Å². The molecular weight excluding hydrogens is 501 g/mol. The summed E-state index contributed by atoms with van der Waals surface area (Å²) in [6.07, 6.45) is 1.55. The van der Waals surface area contributed by atoms with Gasteiger partial charge in [-0.05, 0) is 70.6 Å². The molecule has 1 N–H and O–H groups in total. The maximum Gasteiger partial charge on any atom is 0.344 e. The van der Waals surface area contributed by atoms with Crippen LogP contribution in [0.15, 0.2) is 71.8 Å². The van der Waals surface area contributed by atoms with Crippen LogP contribution in [0.5, 0.6) is 11.5 Å². The largest absolute Gasteiger partial charge is 0.493 e. The Morgan fingerprint density at radius 3 is 2.50 bits per heavy atom. The fourth-order valence-electron chi connectivity index (χ4n) is 2.47.